The smallest absolute Gasteiger partial charge is 0.331 e. The summed E-state index contributed by atoms with van der Waals surface area (Å²) >= 11 is 0. The Kier molecular flexibility index (Phi) is 6.28. The SMILES string of the molecule is COc1ccc(C)cc1NC(=O)COC(=O)/C=C/c1cccc(F)c1. The van der Waals surface area contributed by atoms with Gasteiger partial charge in [-0.3, -0.25) is 4.79 Å². The molecule has 25 heavy (non-hydrogen) atoms. The number of ether oxygens (including phenoxy) is 2. The van der Waals surface area contributed by atoms with Gasteiger partial charge in [0.15, 0.2) is 6.61 Å². The quantitative estimate of drug-likeness (QED) is 0.645. The Morgan fingerprint density at radius 1 is 1.20 bits per heavy atom. The van der Waals surface area contributed by atoms with E-state index < -0.39 is 24.3 Å². The highest BCUT2D eigenvalue weighted by atomic mass is 19.1. The van der Waals surface area contributed by atoms with Crippen LogP contribution in [0.2, 0.25) is 0 Å². The minimum Gasteiger partial charge on any atom is -0.495 e. The van der Waals surface area contributed by atoms with Crippen LogP contribution < -0.4 is 10.1 Å². The minimum atomic E-state index is -0.699. The van der Waals surface area contributed by atoms with Gasteiger partial charge >= 0.3 is 5.97 Å². The van der Waals surface area contributed by atoms with Crippen molar-refractivity contribution in [3.05, 3.63) is 65.5 Å². The topological polar surface area (TPSA) is 64.6 Å². The first-order valence-corrected chi connectivity index (χ1v) is 7.53. The normalized spacial score (nSPS) is 10.5. The molecule has 0 unspecified atom stereocenters. The van der Waals surface area contributed by atoms with Gasteiger partial charge in [0.25, 0.3) is 5.91 Å². The lowest BCUT2D eigenvalue weighted by atomic mass is 10.2. The second-order valence-electron chi connectivity index (χ2n) is 5.25. The second kappa shape index (κ2) is 8.63. The number of nitrogens with one attached hydrogen (secondary N) is 1. The number of benzene rings is 2. The number of esters is 1. The Labute approximate surface area is 145 Å². The van der Waals surface area contributed by atoms with Gasteiger partial charge in [-0.2, -0.15) is 0 Å². The molecule has 0 aliphatic rings. The molecule has 0 fully saturated rings. The van der Waals surface area contributed by atoms with Crippen LogP contribution in [0.3, 0.4) is 0 Å². The summed E-state index contributed by atoms with van der Waals surface area (Å²) in [6.07, 6.45) is 2.54. The minimum absolute atomic E-state index is 0.401. The highest BCUT2D eigenvalue weighted by molar-refractivity contribution is 5.95. The number of amides is 1. The molecule has 1 N–H and O–H groups in total. The van der Waals surface area contributed by atoms with Crippen LogP contribution in [0, 0.1) is 12.7 Å². The zero-order valence-corrected chi connectivity index (χ0v) is 13.9. The molecule has 130 valence electrons. The zero-order chi connectivity index (χ0) is 18.2. The third kappa shape index (κ3) is 5.76. The van der Waals surface area contributed by atoms with Crippen LogP contribution >= 0.6 is 0 Å². The molecular weight excluding hydrogens is 325 g/mol. The van der Waals surface area contributed by atoms with Gasteiger partial charge in [0.2, 0.25) is 0 Å². The first-order chi connectivity index (χ1) is 12.0. The monoisotopic (exact) mass is 343 g/mol. The molecule has 2 rings (SSSR count). The van der Waals surface area contributed by atoms with Crippen molar-refractivity contribution in [3.63, 3.8) is 0 Å². The third-order valence-corrected chi connectivity index (χ3v) is 3.24. The van der Waals surface area contributed by atoms with E-state index in [1.807, 2.05) is 13.0 Å². The predicted molar refractivity (Wildman–Crippen MR) is 92.8 cm³/mol. The summed E-state index contributed by atoms with van der Waals surface area (Å²) in [4.78, 5) is 23.5. The first kappa shape index (κ1) is 18.2. The average Bonchev–Trinajstić information content (AvgIpc) is 2.58. The maximum Gasteiger partial charge on any atom is 0.331 e. The zero-order valence-electron chi connectivity index (χ0n) is 13.9. The van der Waals surface area contributed by atoms with Crippen molar-refractivity contribution >= 4 is 23.6 Å². The van der Waals surface area contributed by atoms with Crippen LogP contribution in [0.4, 0.5) is 10.1 Å². The summed E-state index contributed by atoms with van der Waals surface area (Å²) in [7, 11) is 1.50. The van der Waals surface area contributed by atoms with Gasteiger partial charge in [-0.05, 0) is 48.4 Å². The Morgan fingerprint density at radius 2 is 2.00 bits per heavy atom. The lowest BCUT2D eigenvalue weighted by molar-refractivity contribution is -0.142. The van der Waals surface area contributed by atoms with Crippen LogP contribution in [-0.2, 0) is 14.3 Å². The summed E-state index contributed by atoms with van der Waals surface area (Å²) in [6, 6.07) is 11.1. The lowest BCUT2D eigenvalue weighted by Gasteiger charge is -2.10. The van der Waals surface area contributed by atoms with Crippen LogP contribution in [-0.4, -0.2) is 25.6 Å². The summed E-state index contributed by atoms with van der Waals surface area (Å²) in [6.45, 7) is 1.44. The maximum atomic E-state index is 13.0. The predicted octanol–water partition coefficient (Wildman–Crippen LogP) is 3.34. The van der Waals surface area contributed by atoms with Gasteiger partial charge in [0, 0.05) is 6.08 Å². The van der Waals surface area contributed by atoms with Crippen molar-refractivity contribution in [1.29, 1.82) is 0 Å². The maximum absolute atomic E-state index is 13.0. The summed E-state index contributed by atoms with van der Waals surface area (Å²) in [5.74, 6) is -1.08. The molecule has 0 atom stereocenters. The molecule has 2 aromatic carbocycles. The molecule has 0 spiro atoms. The van der Waals surface area contributed by atoms with Crippen LogP contribution in [0.1, 0.15) is 11.1 Å². The molecule has 0 heterocycles. The van der Waals surface area contributed by atoms with E-state index >= 15 is 0 Å². The number of aryl methyl sites for hydroxylation is 1. The second-order valence-corrected chi connectivity index (χ2v) is 5.25. The highest BCUT2D eigenvalue weighted by Crippen LogP contribution is 2.24. The third-order valence-electron chi connectivity index (χ3n) is 3.24. The summed E-state index contributed by atoms with van der Waals surface area (Å²) in [5, 5.41) is 2.62. The Morgan fingerprint density at radius 3 is 2.72 bits per heavy atom. The van der Waals surface area contributed by atoms with E-state index in [0.717, 1.165) is 11.6 Å². The number of halogens is 1. The van der Waals surface area contributed by atoms with Crippen molar-refractivity contribution in [3.8, 4) is 5.75 Å². The molecule has 0 radical (unpaired) electrons. The van der Waals surface area contributed by atoms with Crippen molar-refractivity contribution in [2.45, 2.75) is 6.92 Å². The fourth-order valence-corrected chi connectivity index (χ4v) is 2.07. The number of carbonyl (C=O) groups excluding carboxylic acids is 2. The number of carbonyl (C=O) groups is 2. The van der Waals surface area contributed by atoms with E-state index in [9.17, 15) is 14.0 Å². The van der Waals surface area contributed by atoms with E-state index in [4.69, 9.17) is 9.47 Å². The molecule has 2 aromatic rings. The van der Waals surface area contributed by atoms with E-state index in [0.29, 0.717) is 17.0 Å². The molecule has 0 aliphatic carbocycles. The number of rotatable bonds is 6. The van der Waals surface area contributed by atoms with Crippen LogP contribution in [0.25, 0.3) is 6.08 Å². The van der Waals surface area contributed by atoms with Crippen molar-refractivity contribution < 1.29 is 23.5 Å². The fraction of sp³-hybridized carbons (Fsp3) is 0.158. The standard InChI is InChI=1S/C19H18FNO4/c1-13-6-8-17(24-2)16(10-13)21-18(22)12-25-19(23)9-7-14-4-3-5-15(20)11-14/h3-11H,12H2,1-2H3,(H,21,22)/b9-7+. The van der Waals surface area contributed by atoms with Crippen molar-refractivity contribution in [1.82, 2.24) is 0 Å². The molecule has 5 nitrogen and oxygen atoms in total. The average molecular weight is 343 g/mol. The van der Waals surface area contributed by atoms with Gasteiger partial charge in [-0.1, -0.05) is 18.2 Å². The van der Waals surface area contributed by atoms with Crippen LogP contribution in [0.15, 0.2) is 48.5 Å². The molecule has 0 bridgehead atoms. The van der Waals surface area contributed by atoms with Crippen LogP contribution in [0.5, 0.6) is 5.75 Å². The van der Waals surface area contributed by atoms with Gasteiger partial charge < -0.3 is 14.8 Å². The Hall–Kier alpha value is -3.15. The lowest BCUT2D eigenvalue weighted by Crippen LogP contribution is -2.20. The van der Waals surface area contributed by atoms with Gasteiger partial charge in [-0.15, -0.1) is 0 Å². The van der Waals surface area contributed by atoms with E-state index in [1.165, 1.54) is 31.4 Å². The molecule has 6 heteroatoms. The largest absolute Gasteiger partial charge is 0.495 e. The fourth-order valence-electron chi connectivity index (χ4n) is 2.07. The number of anilines is 1. The molecule has 0 saturated heterocycles. The molecule has 0 aliphatic heterocycles. The number of methoxy groups -OCH3 is 1. The number of hydrogen-bond donors (Lipinski definition) is 1. The van der Waals surface area contributed by atoms with Crippen molar-refractivity contribution in [2.75, 3.05) is 19.0 Å². The molecule has 1 amide bonds. The van der Waals surface area contributed by atoms with Crippen molar-refractivity contribution in [2.24, 2.45) is 0 Å². The summed E-state index contributed by atoms with van der Waals surface area (Å²) in [5.41, 5.74) is 1.97. The Balaban J connectivity index is 1.87. The molecule has 0 aromatic heterocycles. The van der Waals surface area contributed by atoms with E-state index in [1.54, 1.807) is 18.2 Å². The molecule has 0 saturated carbocycles. The van der Waals surface area contributed by atoms with Gasteiger partial charge in [-0.25, -0.2) is 9.18 Å². The Bertz CT molecular complexity index is 802. The highest BCUT2D eigenvalue weighted by Gasteiger charge is 2.09. The van der Waals surface area contributed by atoms with E-state index in [-0.39, 0.29) is 0 Å². The van der Waals surface area contributed by atoms with Gasteiger partial charge in [0.05, 0.1) is 12.8 Å². The first-order valence-electron chi connectivity index (χ1n) is 7.53. The summed E-state index contributed by atoms with van der Waals surface area (Å²) < 4.78 is 23.0. The van der Waals surface area contributed by atoms with E-state index in [2.05, 4.69) is 5.32 Å². The molecular formula is C19H18FNO4. The number of hydrogen-bond acceptors (Lipinski definition) is 4. The van der Waals surface area contributed by atoms with Gasteiger partial charge in [0.1, 0.15) is 11.6 Å².